The molecule has 11 heteroatoms. The molecule has 0 radical (unpaired) electrons. The number of aliphatic imine (C=N–C) groups is 1. The molecule has 210 valence electrons. The van der Waals surface area contributed by atoms with E-state index in [0.717, 1.165) is 41.9 Å². The minimum Gasteiger partial charge on any atom is -0.377 e. The Kier molecular flexibility index (Phi) is 8.21. The number of nitrogens with zero attached hydrogens (tertiary/aromatic N) is 4. The minimum absolute atomic E-state index is 0.121. The van der Waals surface area contributed by atoms with Gasteiger partial charge in [-0.1, -0.05) is 0 Å². The number of nitrogens with one attached hydrogen (secondary N) is 2. The Morgan fingerprint density at radius 3 is 2.67 bits per heavy atom. The molecule has 1 saturated carbocycles. The normalized spacial score (nSPS) is 25.6. The first-order chi connectivity index (χ1) is 18.8. The van der Waals surface area contributed by atoms with Gasteiger partial charge >= 0.3 is 0 Å². The molecule has 0 spiro atoms. The summed E-state index contributed by atoms with van der Waals surface area (Å²) in [4.78, 5) is 39.9. The molecule has 2 aliphatic heterocycles. The maximum absolute atomic E-state index is 13.6. The first kappa shape index (κ1) is 27.9. The van der Waals surface area contributed by atoms with Crippen LogP contribution in [0.25, 0.3) is 11.0 Å². The molecule has 1 aliphatic carbocycles. The summed E-state index contributed by atoms with van der Waals surface area (Å²) in [5.74, 6) is -0.561. The molecule has 0 aromatic carbocycles. The topological polar surface area (TPSA) is 110 Å². The zero-order valence-corrected chi connectivity index (χ0v) is 23.8. The van der Waals surface area contributed by atoms with E-state index in [9.17, 15) is 14.0 Å². The lowest BCUT2D eigenvalue weighted by molar-refractivity contribution is -0.120. The molecular formula is C28H37FN6O3S. The molecular weight excluding hydrogens is 519 g/mol. The van der Waals surface area contributed by atoms with Gasteiger partial charge in [-0.25, -0.2) is 19.4 Å². The van der Waals surface area contributed by atoms with E-state index in [1.807, 2.05) is 19.3 Å². The summed E-state index contributed by atoms with van der Waals surface area (Å²) in [5.41, 5.74) is 2.29. The number of amides is 2. The van der Waals surface area contributed by atoms with Crippen LogP contribution in [0.1, 0.15) is 61.6 Å². The SMILES string of the molecule is CSC1=CC(C)=NC(=O)C1CNC(=O)c1c(C)n([C@H](C)C2CCC(NC3(CF)COC3)CC2)c2ncncc12. The second kappa shape index (κ2) is 11.5. The van der Waals surface area contributed by atoms with Crippen molar-refractivity contribution >= 4 is 40.3 Å². The summed E-state index contributed by atoms with van der Waals surface area (Å²) < 4.78 is 21.0. The second-order valence-corrected chi connectivity index (χ2v) is 12.0. The number of fused-ring (bicyclic) bond motifs is 1. The van der Waals surface area contributed by atoms with Gasteiger partial charge in [-0.15, -0.1) is 11.8 Å². The predicted octanol–water partition coefficient (Wildman–Crippen LogP) is 3.78. The summed E-state index contributed by atoms with van der Waals surface area (Å²) in [6, 6.07) is 0.408. The third-order valence-corrected chi connectivity index (χ3v) is 9.38. The van der Waals surface area contributed by atoms with Crippen LogP contribution in [0.3, 0.4) is 0 Å². The third-order valence-electron chi connectivity index (χ3n) is 8.50. The van der Waals surface area contributed by atoms with Crippen molar-refractivity contribution in [1.29, 1.82) is 0 Å². The Bertz CT molecular complexity index is 1310. The van der Waals surface area contributed by atoms with E-state index >= 15 is 0 Å². The average molecular weight is 557 g/mol. The van der Waals surface area contributed by atoms with Gasteiger partial charge in [0, 0.05) is 41.1 Å². The summed E-state index contributed by atoms with van der Waals surface area (Å²) >= 11 is 1.50. The number of ether oxygens (including phenoxy) is 1. The lowest BCUT2D eigenvalue weighted by atomic mass is 9.80. The van der Waals surface area contributed by atoms with Crippen LogP contribution < -0.4 is 10.6 Å². The number of hydrogen-bond acceptors (Lipinski definition) is 7. The predicted molar refractivity (Wildman–Crippen MR) is 151 cm³/mol. The molecule has 2 N–H and O–H groups in total. The fourth-order valence-electron chi connectivity index (χ4n) is 6.27. The standard InChI is InChI=1S/C28H37FN6O3S/c1-16-9-23(39-4)21(26(36)33-16)11-31-27(37)24-18(3)35(25-22(24)10-30-15-32-25)17(2)19-5-7-20(8-6-19)34-28(12-29)13-38-14-28/h9-10,15,17,19-21,34H,5-8,11-14H2,1-4H3,(H,31,37)/t17-,19?,20?,21?/m1/s1. The van der Waals surface area contributed by atoms with Crippen LogP contribution in [0.15, 0.2) is 28.5 Å². The van der Waals surface area contributed by atoms with Crippen LogP contribution in [0, 0.1) is 18.8 Å². The summed E-state index contributed by atoms with van der Waals surface area (Å²) in [5, 5.41) is 7.20. The summed E-state index contributed by atoms with van der Waals surface area (Å²) in [6.45, 7) is 6.60. The van der Waals surface area contributed by atoms with Crippen LogP contribution >= 0.6 is 11.8 Å². The van der Waals surface area contributed by atoms with Crippen LogP contribution in [-0.4, -0.2) is 76.3 Å². The van der Waals surface area contributed by atoms with Gasteiger partial charge in [0.05, 0.1) is 35.6 Å². The molecule has 2 fully saturated rings. The van der Waals surface area contributed by atoms with E-state index in [0.29, 0.717) is 35.8 Å². The van der Waals surface area contributed by atoms with E-state index in [4.69, 9.17) is 4.74 Å². The molecule has 3 aliphatic rings. The van der Waals surface area contributed by atoms with Gasteiger partial charge in [0.2, 0.25) is 0 Å². The molecule has 2 aromatic rings. The zero-order valence-electron chi connectivity index (χ0n) is 23.0. The number of carbonyl (C=O) groups excluding carboxylic acids is 2. The molecule has 2 aromatic heterocycles. The van der Waals surface area contributed by atoms with Crippen molar-refractivity contribution in [2.45, 2.75) is 64.1 Å². The van der Waals surface area contributed by atoms with Crippen LogP contribution in [0.5, 0.6) is 0 Å². The summed E-state index contributed by atoms with van der Waals surface area (Å²) in [7, 11) is 0. The molecule has 5 rings (SSSR count). The van der Waals surface area contributed by atoms with Crippen LogP contribution in [0.2, 0.25) is 0 Å². The lowest BCUT2D eigenvalue weighted by Crippen LogP contribution is -2.65. The number of carbonyl (C=O) groups is 2. The van der Waals surface area contributed by atoms with Gasteiger partial charge in [0.1, 0.15) is 18.6 Å². The molecule has 4 heterocycles. The van der Waals surface area contributed by atoms with Crippen molar-refractivity contribution in [2.24, 2.45) is 16.8 Å². The van der Waals surface area contributed by atoms with E-state index < -0.39 is 18.1 Å². The highest BCUT2D eigenvalue weighted by Crippen LogP contribution is 2.38. The van der Waals surface area contributed by atoms with E-state index in [1.54, 1.807) is 13.1 Å². The number of thioether (sulfide) groups is 1. The van der Waals surface area contributed by atoms with E-state index in [-0.39, 0.29) is 30.4 Å². The number of aromatic nitrogens is 3. The zero-order chi connectivity index (χ0) is 27.7. The van der Waals surface area contributed by atoms with Crippen molar-refractivity contribution in [3.8, 4) is 0 Å². The average Bonchev–Trinajstić information content (AvgIpc) is 3.21. The number of halogens is 1. The maximum Gasteiger partial charge on any atom is 0.255 e. The van der Waals surface area contributed by atoms with Crippen molar-refractivity contribution < 1.29 is 18.7 Å². The van der Waals surface area contributed by atoms with E-state index in [2.05, 4.69) is 37.1 Å². The summed E-state index contributed by atoms with van der Waals surface area (Å²) in [6.07, 6.45) is 11.0. The molecule has 2 atom stereocenters. The highest BCUT2D eigenvalue weighted by Gasteiger charge is 2.41. The molecule has 0 bridgehead atoms. The fourth-order valence-corrected chi connectivity index (χ4v) is 7.03. The van der Waals surface area contributed by atoms with Crippen molar-refractivity contribution in [1.82, 2.24) is 25.2 Å². The highest BCUT2D eigenvalue weighted by atomic mass is 32.2. The number of hydrogen-bond donors (Lipinski definition) is 2. The maximum atomic E-state index is 13.6. The van der Waals surface area contributed by atoms with Crippen LogP contribution in [0.4, 0.5) is 4.39 Å². The van der Waals surface area contributed by atoms with E-state index in [1.165, 1.54) is 18.1 Å². The number of allylic oxidation sites excluding steroid dienone is 1. The Hall–Kier alpha value is -2.63. The van der Waals surface area contributed by atoms with Crippen molar-refractivity contribution in [2.75, 3.05) is 32.7 Å². The first-order valence-electron chi connectivity index (χ1n) is 13.6. The van der Waals surface area contributed by atoms with Gasteiger partial charge < -0.3 is 19.9 Å². The first-order valence-corrected chi connectivity index (χ1v) is 14.8. The largest absolute Gasteiger partial charge is 0.377 e. The Morgan fingerprint density at radius 2 is 2.03 bits per heavy atom. The van der Waals surface area contributed by atoms with Gasteiger partial charge in [-0.2, -0.15) is 0 Å². The monoisotopic (exact) mass is 556 g/mol. The lowest BCUT2D eigenvalue weighted by Gasteiger charge is -2.44. The molecule has 39 heavy (non-hydrogen) atoms. The van der Waals surface area contributed by atoms with Gasteiger partial charge in [0.25, 0.3) is 11.8 Å². The second-order valence-electron chi connectivity index (χ2n) is 11.1. The Labute approximate surface area is 232 Å². The molecule has 1 saturated heterocycles. The third kappa shape index (κ3) is 5.40. The van der Waals surface area contributed by atoms with Crippen LogP contribution in [-0.2, 0) is 9.53 Å². The number of alkyl halides is 1. The Balaban J connectivity index is 1.31. The fraction of sp³-hybridized carbons (Fsp3) is 0.607. The van der Waals surface area contributed by atoms with Gasteiger partial charge in [-0.3, -0.25) is 9.59 Å². The molecule has 2 amide bonds. The smallest absolute Gasteiger partial charge is 0.255 e. The molecule has 9 nitrogen and oxygen atoms in total. The van der Waals surface area contributed by atoms with Gasteiger partial charge in [-0.05, 0) is 64.7 Å². The number of dihydropyridines is 1. The van der Waals surface area contributed by atoms with Crippen molar-refractivity contribution in [3.05, 3.63) is 34.8 Å². The minimum atomic E-state index is -0.505. The van der Waals surface area contributed by atoms with Gasteiger partial charge in [0.15, 0.2) is 0 Å². The highest BCUT2D eigenvalue weighted by molar-refractivity contribution is 8.02. The number of rotatable bonds is 9. The van der Waals surface area contributed by atoms with Crippen molar-refractivity contribution in [3.63, 3.8) is 0 Å². The molecule has 1 unspecified atom stereocenters. The Morgan fingerprint density at radius 1 is 1.28 bits per heavy atom. The quantitative estimate of drug-likeness (QED) is 0.484.